The summed E-state index contributed by atoms with van der Waals surface area (Å²) in [4.78, 5) is 11.7. The summed E-state index contributed by atoms with van der Waals surface area (Å²) in [7, 11) is 0. The minimum Gasteiger partial charge on any atom is -0.365 e. The number of halogens is 2. The molecule has 6 heteroatoms. The monoisotopic (exact) mass is 254 g/mol. The molecule has 16 heavy (non-hydrogen) atoms. The molecular weight excluding hydrogens is 247 g/mol. The van der Waals surface area contributed by atoms with Crippen LogP contribution in [0.25, 0.3) is 0 Å². The van der Waals surface area contributed by atoms with Gasteiger partial charge >= 0.3 is 0 Å². The molecule has 0 aliphatic rings. The second-order valence-electron chi connectivity index (χ2n) is 3.04. The van der Waals surface area contributed by atoms with Crippen LogP contribution in [-0.4, -0.2) is 15.0 Å². The highest BCUT2D eigenvalue weighted by atomic mass is 35.5. The van der Waals surface area contributed by atoms with Crippen molar-refractivity contribution in [2.75, 3.05) is 5.32 Å². The van der Waals surface area contributed by atoms with E-state index in [1.165, 1.54) is 6.20 Å². The van der Waals surface area contributed by atoms with Crippen molar-refractivity contribution in [3.8, 4) is 0 Å². The average Bonchev–Trinajstić information content (AvgIpc) is 2.32. The van der Waals surface area contributed by atoms with E-state index in [-0.39, 0.29) is 5.28 Å². The summed E-state index contributed by atoms with van der Waals surface area (Å²) in [6.07, 6.45) is 4.92. The third-order valence-corrected chi connectivity index (χ3v) is 2.38. The molecule has 0 bridgehead atoms. The molecule has 0 amide bonds. The molecule has 0 unspecified atom stereocenters. The molecule has 0 spiro atoms. The Balaban J connectivity index is 2.08. The number of rotatable bonds is 3. The van der Waals surface area contributed by atoms with E-state index in [1.807, 2.05) is 12.1 Å². The number of aromatic nitrogens is 3. The fourth-order valence-corrected chi connectivity index (χ4v) is 1.45. The number of nitrogens with zero attached hydrogens (tertiary/aromatic N) is 3. The zero-order chi connectivity index (χ0) is 11.4. The highest BCUT2D eigenvalue weighted by molar-refractivity contribution is 6.33. The van der Waals surface area contributed by atoms with Gasteiger partial charge in [0.05, 0.1) is 6.20 Å². The Kier molecular flexibility index (Phi) is 3.54. The van der Waals surface area contributed by atoms with Crippen LogP contribution in [0.3, 0.4) is 0 Å². The Hall–Kier alpha value is -1.39. The molecule has 2 rings (SSSR count). The summed E-state index contributed by atoms with van der Waals surface area (Å²) in [5.74, 6) is 0.526. The van der Waals surface area contributed by atoms with Gasteiger partial charge in [-0.1, -0.05) is 11.6 Å². The van der Waals surface area contributed by atoms with Crippen LogP contribution < -0.4 is 5.32 Å². The van der Waals surface area contributed by atoms with E-state index in [4.69, 9.17) is 23.2 Å². The third kappa shape index (κ3) is 2.81. The molecule has 0 radical (unpaired) electrons. The average molecular weight is 255 g/mol. The second-order valence-corrected chi connectivity index (χ2v) is 3.79. The van der Waals surface area contributed by atoms with E-state index in [1.54, 1.807) is 12.4 Å². The number of hydrogen-bond donors (Lipinski definition) is 1. The van der Waals surface area contributed by atoms with Crippen LogP contribution in [0.15, 0.2) is 30.7 Å². The second kappa shape index (κ2) is 5.09. The van der Waals surface area contributed by atoms with Gasteiger partial charge in [0.15, 0.2) is 0 Å². The summed E-state index contributed by atoms with van der Waals surface area (Å²) in [5.41, 5.74) is 1.08. The first kappa shape index (κ1) is 11.1. The third-order valence-electron chi connectivity index (χ3n) is 1.92. The molecule has 0 aromatic carbocycles. The molecule has 1 N–H and O–H groups in total. The van der Waals surface area contributed by atoms with E-state index in [9.17, 15) is 0 Å². The number of pyridine rings is 1. The van der Waals surface area contributed by atoms with Gasteiger partial charge in [-0.15, -0.1) is 0 Å². The SMILES string of the molecule is Clc1ncc(Cl)c(NCc2ccncc2)n1. The Labute approximate surface area is 103 Å². The molecule has 0 saturated heterocycles. The summed E-state index contributed by atoms with van der Waals surface area (Å²) >= 11 is 11.6. The molecule has 82 valence electrons. The van der Waals surface area contributed by atoms with Gasteiger partial charge in [0, 0.05) is 18.9 Å². The first-order valence-corrected chi connectivity index (χ1v) is 5.32. The molecule has 0 fully saturated rings. The van der Waals surface area contributed by atoms with E-state index in [0.717, 1.165) is 5.56 Å². The lowest BCUT2D eigenvalue weighted by Crippen LogP contribution is -2.02. The number of nitrogens with one attached hydrogen (secondary N) is 1. The molecule has 0 saturated carbocycles. The van der Waals surface area contributed by atoms with Crippen molar-refractivity contribution in [3.05, 3.63) is 46.6 Å². The molecule has 2 aromatic heterocycles. The molecule has 4 nitrogen and oxygen atoms in total. The van der Waals surface area contributed by atoms with Crippen LogP contribution >= 0.6 is 23.2 Å². The molecule has 0 aliphatic heterocycles. The van der Waals surface area contributed by atoms with Gasteiger partial charge in [0.1, 0.15) is 10.8 Å². The van der Waals surface area contributed by atoms with Gasteiger partial charge in [-0.2, -0.15) is 4.98 Å². The van der Waals surface area contributed by atoms with Crippen LogP contribution in [0.4, 0.5) is 5.82 Å². The van der Waals surface area contributed by atoms with E-state index in [0.29, 0.717) is 17.4 Å². The minimum absolute atomic E-state index is 0.168. The van der Waals surface area contributed by atoms with Crippen molar-refractivity contribution in [1.29, 1.82) is 0 Å². The maximum atomic E-state index is 5.90. The Morgan fingerprint density at radius 1 is 1.19 bits per heavy atom. The van der Waals surface area contributed by atoms with E-state index >= 15 is 0 Å². The molecular formula is C10H8Cl2N4. The van der Waals surface area contributed by atoms with Gasteiger partial charge in [0.25, 0.3) is 0 Å². The molecule has 2 heterocycles. The van der Waals surface area contributed by atoms with E-state index < -0.39 is 0 Å². The molecule has 2 aromatic rings. The fraction of sp³-hybridized carbons (Fsp3) is 0.100. The van der Waals surface area contributed by atoms with Gasteiger partial charge in [-0.3, -0.25) is 4.98 Å². The van der Waals surface area contributed by atoms with E-state index in [2.05, 4.69) is 20.3 Å². The standard InChI is InChI=1S/C10H8Cl2N4/c11-8-6-15-10(12)16-9(8)14-5-7-1-3-13-4-2-7/h1-4,6H,5H2,(H,14,15,16). The first-order valence-electron chi connectivity index (χ1n) is 4.56. The van der Waals surface area contributed by atoms with Crippen LogP contribution in [0.5, 0.6) is 0 Å². The van der Waals surface area contributed by atoms with Gasteiger partial charge < -0.3 is 5.32 Å². The maximum Gasteiger partial charge on any atom is 0.224 e. The smallest absolute Gasteiger partial charge is 0.224 e. The quantitative estimate of drug-likeness (QED) is 0.857. The maximum absolute atomic E-state index is 5.90. The lowest BCUT2D eigenvalue weighted by atomic mass is 10.3. The van der Waals surface area contributed by atoms with Gasteiger partial charge in [0.2, 0.25) is 5.28 Å². The van der Waals surface area contributed by atoms with Crippen molar-refractivity contribution in [2.24, 2.45) is 0 Å². The van der Waals surface area contributed by atoms with Crippen molar-refractivity contribution < 1.29 is 0 Å². The summed E-state index contributed by atoms with van der Waals surface area (Å²) < 4.78 is 0. The predicted octanol–water partition coefficient (Wildman–Crippen LogP) is 2.79. The summed E-state index contributed by atoms with van der Waals surface area (Å²) in [6, 6.07) is 3.81. The highest BCUT2D eigenvalue weighted by Gasteiger charge is 2.03. The molecule has 0 aliphatic carbocycles. The largest absolute Gasteiger partial charge is 0.365 e. The van der Waals surface area contributed by atoms with Crippen molar-refractivity contribution in [2.45, 2.75) is 6.54 Å². The van der Waals surface area contributed by atoms with Crippen molar-refractivity contribution in [3.63, 3.8) is 0 Å². The normalized spacial score (nSPS) is 10.1. The van der Waals surface area contributed by atoms with Crippen molar-refractivity contribution in [1.82, 2.24) is 15.0 Å². The lowest BCUT2D eigenvalue weighted by molar-refractivity contribution is 1.07. The van der Waals surface area contributed by atoms with Gasteiger partial charge in [-0.25, -0.2) is 4.98 Å². The summed E-state index contributed by atoms with van der Waals surface area (Å²) in [6.45, 7) is 0.607. The van der Waals surface area contributed by atoms with Crippen molar-refractivity contribution >= 4 is 29.0 Å². The zero-order valence-electron chi connectivity index (χ0n) is 8.19. The highest BCUT2D eigenvalue weighted by Crippen LogP contribution is 2.19. The Morgan fingerprint density at radius 3 is 2.69 bits per heavy atom. The lowest BCUT2D eigenvalue weighted by Gasteiger charge is -2.06. The van der Waals surface area contributed by atoms with Crippen LogP contribution in [0.2, 0.25) is 10.3 Å². The zero-order valence-corrected chi connectivity index (χ0v) is 9.70. The first-order chi connectivity index (χ1) is 7.75. The molecule has 0 atom stereocenters. The fourth-order valence-electron chi connectivity index (χ4n) is 1.16. The number of anilines is 1. The van der Waals surface area contributed by atoms with Crippen LogP contribution in [0, 0.1) is 0 Å². The van der Waals surface area contributed by atoms with Crippen LogP contribution in [0.1, 0.15) is 5.56 Å². The predicted molar refractivity (Wildman–Crippen MR) is 63.6 cm³/mol. The van der Waals surface area contributed by atoms with Crippen LogP contribution in [-0.2, 0) is 6.54 Å². The minimum atomic E-state index is 0.168. The summed E-state index contributed by atoms with van der Waals surface area (Å²) in [5, 5.41) is 3.69. The Bertz CT molecular complexity index is 476. The van der Waals surface area contributed by atoms with Gasteiger partial charge in [-0.05, 0) is 29.3 Å². The Morgan fingerprint density at radius 2 is 1.94 bits per heavy atom. The topological polar surface area (TPSA) is 50.7 Å². The number of hydrogen-bond acceptors (Lipinski definition) is 4.